The van der Waals surface area contributed by atoms with Crippen molar-refractivity contribution < 1.29 is 14.2 Å². The fourth-order valence-electron chi connectivity index (χ4n) is 1.68. The van der Waals surface area contributed by atoms with Crippen LogP contribution in [0, 0.1) is 0 Å². The van der Waals surface area contributed by atoms with Crippen molar-refractivity contribution in [3.05, 3.63) is 6.33 Å². The highest BCUT2D eigenvalue weighted by Crippen LogP contribution is 2.32. The molecule has 6 nitrogen and oxygen atoms in total. The lowest BCUT2D eigenvalue weighted by Gasteiger charge is -2.15. The van der Waals surface area contributed by atoms with Crippen molar-refractivity contribution in [2.24, 2.45) is 0 Å². The molecule has 0 spiro atoms. The van der Waals surface area contributed by atoms with E-state index in [1.807, 2.05) is 6.92 Å². The molecule has 1 fully saturated rings. The average Bonchev–Trinajstić information content (AvgIpc) is 2.83. The van der Waals surface area contributed by atoms with Gasteiger partial charge in [0, 0.05) is 13.0 Å². The molecule has 17 heavy (non-hydrogen) atoms. The highest BCUT2D eigenvalue weighted by atomic mass is 16.6. The number of nitrogens with one attached hydrogen (secondary N) is 1. The van der Waals surface area contributed by atoms with Gasteiger partial charge in [-0.3, -0.25) is 0 Å². The fraction of sp³-hybridized carbons (Fsp3) is 0.636. The van der Waals surface area contributed by atoms with E-state index in [1.165, 1.54) is 6.33 Å². The summed E-state index contributed by atoms with van der Waals surface area (Å²) >= 11 is 0. The SMILES string of the molecule is CCNc1ncnc(OC2CCOC2)c1OC. The van der Waals surface area contributed by atoms with Gasteiger partial charge in [0.05, 0.1) is 20.3 Å². The maximum atomic E-state index is 5.74. The monoisotopic (exact) mass is 239 g/mol. The van der Waals surface area contributed by atoms with Crippen molar-refractivity contribution in [2.45, 2.75) is 19.4 Å². The Kier molecular flexibility index (Phi) is 3.98. The maximum Gasteiger partial charge on any atom is 0.262 e. The summed E-state index contributed by atoms with van der Waals surface area (Å²) in [5, 5.41) is 3.10. The minimum atomic E-state index is 0.0493. The summed E-state index contributed by atoms with van der Waals surface area (Å²) in [4.78, 5) is 8.22. The van der Waals surface area contributed by atoms with Crippen LogP contribution in [0.15, 0.2) is 6.33 Å². The molecule has 2 rings (SSSR count). The Bertz CT molecular complexity index is 367. The van der Waals surface area contributed by atoms with Crippen LogP contribution in [0.2, 0.25) is 0 Å². The minimum Gasteiger partial charge on any atom is -0.489 e. The van der Waals surface area contributed by atoms with Crippen LogP contribution < -0.4 is 14.8 Å². The van der Waals surface area contributed by atoms with Crippen molar-refractivity contribution in [1.82, 2.24) is 9.97 Å². The zero-order valence-corrected chi connectivity index (χ0v) is 10.1. The molecule has 1 unspecified atom stereocenters. The summed E-state index contributed by atoms with van der Waals surface area (Å²) in [6, 6.07) is 0. The first-order valence-corrected chi connectivity index (χ1v) is 5.72. The maximum absolute atomic E-state index is 5.74. The highest BCUT2D eigenvalue weighted by molar-refractivity contribution is 5.54. The molecule has 0 aliphatic carbocycles. The van der Waals surface area contributed by atoms with E-state index in [0.29, 0.717) is 24.1 Å². The summed E-state index contributed by atoms with van der Waals surface area (Å²) in [6.07, 6.45) is 2.39. The standard InChI is InChI=1S/C11H17N3O3/c1-3-12-10-9(15-2)11(14-7-13-10)17-8-4-5-16-6-8/h7-8H,3-6H2,1-2H3,(H,12,13,14). The average molecular weight is 239 g/mol. The third-order valence-electron chi connectivity index (χ3n) is 2.49. The molecule has 1 N–H and O–H groups in total. The van der Waals surface area contributed by atoms with E-state index >= 15 is 0 Å². The van der Waals surface area contributed by atoms with Crippen LogP contribution in [0.1, 0.15) is 13.3 Å². The molecule has 1 aliphatic heterocycles. The van der Waals surface area contributed by atoms with Gasteiger partial charge in [0.1, 0.15) is 12.4 Å². The van der Waals surface area contributed by atoms with Crippen LogP contribution in [0.25, 0.3) is 0 Å². The molecular weight excluding hydrogens is 222 g/mol. The fourth-order valence-corrected chi connectivity index (χ4v) is 1.68. The van der Waals surface area contributed by atoms with Crippen LogP contribution in [0.3, 0.4) is 0 Å². The van der Waals surface area contributed by atoms with E-state index in [0.717, 1.165) is 19.6 Å². The van der Waals surface area contributed by atoms with Gasteiger partial charge in [0.15, 0.2) is 5.82 Å². The van der Waals surface area contributed by atoms with E-state index in [-0.39, 0.29) is 6.10 Å². The normalized spacial score (nSPS) is 19.1. The lowest BCUT2D eigenvalue weighted by Crippen LogP contribution is -2.17. The van der Waals surface area contributed by atoms with E-state index in [4.69, 9.17) is 14.2 Å². The summed E-state index contributed by atoms with van der Waals surface area (Å²) in [6.45, 7) is 4.09. The van der Waals surface area contributed by atoms with Gasteiger partial charge in [-0.25, -0.2) is 4.98 Å². The van der Waals surface area contributed by atoms with Gasteiger partial charge in [-0.1, -0.05) is 0 Å². The number of ether oxygens (including phenoxy) is 3. The highest BCUT2D eigenvalue weighted by Gasteiger charge is 2.21. The molecular formula is C11H17N3O3. The minimum absolute atomic E-state index is 0.0493. The molecule has 0 saturated carbocycles. The topological polar surface area (TPSA) is 65.5 Å². The molecule has 0 aromatic carbocycles. The Balaban J connectivity index is 2.16. The quantitative estimate of drug-likeness (QED) is 0.829. The molecule has 6 heteroatoms. The van der Waals surface area contributed by atoms with Crippen LogP contribution in [0.5, 0.6) is 11.6 Å². The van der Waals surface area contributed by atoms with Crippen molar-refractivity contribution in [3.8, 4) is 11.6 Å². The summed E-state index contributed by atoms with van der Waals surface area (Å²) < 4.78 is 16.3. The zero-order valence-electron chi connectivity index (χ0n) is 10.1. The number of anilines is 1. The van der Waals surface area contributed by atoms with Gasteiger partial charge >= 0.3 is 0 Å². The first-order valence-electron chi connectivity index (χ1n) is 5.72. The molecule has 2 heterocycles. The van der Waals surface area contributed by atoms with Gasteiger partial charge < -0.3 is 19.5 Å². The van der Waals surface area contributed by atoms with E-state index < -0.39 is 0 Å². The van der Waals surface area contributed by atoms with Crippen molar-refractivity contribution in [3.63, 3.8) is 0 Å². The first-order chi connectivity index (χ1) is 8.35. The van der Waals surface area contributed by atoms with Crippen LogP contribution >= 0.6 is 0 Å². The van der Waals surface area contributed by atoms with Crippen molar-refractivity contribution in [1.29, 1.82) is 0 Å². The van der Waals surface area contributed by atoms with Gasteiger partial charge in [-0.05, 0) is 6.92 Å². The van der Waals surface area contributed by atoms with Crippen molar-refractivity contribution in [2.75, 3.05) is 32.2 Å². The van der Waals surface area contributed by atoms with Crippen molar-refractivity contribution >= 4 is 5.82 Å². The largest absolute Gasteiger partial charge is 0.489 e. The summed E-state index contributed by atoms with van der Waals surface area (Å²) in [5.41, 5.74) is 0. The number of nitrogens with zero attached hydrogens (tertiary/aromatic N) is 2. The number of hydrogen-bond donors (Lipinski definition) is 1. The lowest BCUT2D eigenvalue weighted by atomic mass is 10.3. The summed E-state index contributed by atoms with van der Waals surface area (Å²) in [5.74, 6) is 1.66. The van der Waals surface area contributed by atoms with Gasteiger partial charge in [0.25, 0.3) is 5.88 Å². The number of rotatable bonds is 5. The van der Waals surface area contributed by atoms with E-state index in [2.05, 4.69) is 15.3 Å². The smallest absolute Gasteiger partial charge is 0.262 e. The molecule has 1 atom stereocenters. The van der Waals surface area contributed by atoms with E-state index in [9.17, 15) is 0 Å². The van der Waals surface area contributed by atoms with Gasteiger partial charge in [0.2, 0.25) is 5.75 Å². The second-order valence-corrected chi connectivity index (χ2v) is 3.69. The van der Waals surface area contributed by atoms with Crippen LogP contribution in [-0.4, -0.2) is 42.9 Å². The molecule has 94 valence electrons. The second kappa shape index (κ2) is 5.67. The van der Waals surface area contributed by atoms with Crippen LogP contribution in [0.4, 0.5) is 5.82 Å². The molecule has 1 aromatic rings. The lowest BCUT2D eigenvalue weighted by molar-refractivity contribution is 0.135. The zero-order chi connectivity index (χ0) is 12.1. The van der Waals surface area contributed by atoms with Crippen LogP contribution in [-0.2, 0) is 4.74 Å². The molecule has 0 amide bonds. The van der Waals surface area contributed by atoms with E-state index in [1.54, 1.807) is 7.11 Å². The Morgan fingerprint density at radius 2 is 2.41 bits per heavy atom. The predicted octanol–water partition coefficient (Wildman–Crippen LogP) is 1.08. The number of hydrogen-bond acceptors (Lipinski definition) is 6. The van der Waals surface area contributed by atoms with Gasteiger partial charge in [-0.15, -0.1) is 0 Å². The Labute approximate surface area is 100 Å². The number of aromatic nitrogens is 2. The Hall–Kier alpha value is -1.56. The Morgan fingerprint density at radius 3 is 3.06 bits per heavy atom. The second-order valence-electron chi connectivity index (χ2n) is 3.69. The molecule has 1 aliphatic rings. The third-order valence-corrected chi connectivity index (χ3v) is 2.49. The third kappa shape index (κ3) is 2.76. The molecule has 1 aromatic heterocycles. The predicted molar refractivity (Wildman–Crippen MR) is 62.6 cm³/mol. The molecule has 1 saturated heterocycles. The number of methoxy groups -OCH3 is 1. The molecule has 0 bridgehead atoms. The summed E-state index contributed by atoms with van der Waals surface area (Å²) in [7, 11) is 1.58. The molecule has 0 radical (unpaired) electrons. The Morgan fingerprint density at radius 1 is 1.53 bits per heavy atom. The van der Waals surface area contributed by atoms with Gasteiger partial charge in [-0.2, -0.15) is 4.98 Å². The first kappa shape index (κ1) is 11.9.